The molecule has 0 saturated carbocycles. The van der Waals surface area contributed by atoms with E-state index in [2.05, 4.69) is 10.3 Å². The van der Waals surface area contributed by atoms with Crippen molar-refractivity contribution in [2.45, 2.75) is 5.41 Å². The molecule has 25 heavy (non-hydrogen) atoms. The second kappa shape index (κ2) is 4.75. The standard InChI is InChI=1S/C15H8ClN5O4/c16-5-1-2-8-6(3-5)15(13(23)19-8)7(4-17)10(18)25-12-9(15)11(22)20-14(24)21-12/h1-3H,18H2,(H,19,23)(H2,20,21,22,24). The molecule has 0 bridgehead atoms. The molecule has 0 saturated heterocycles. The lowest BCUT2D eigenvalue weighted by atomic mass is 9.70. The van der Waals surface area contributed by atoms with E-state index in [1.807, 2.05) is 11.1 Å². The van der Waals surface area contributed by atoms with E-state index in [9.17, 15) is 19.6 Å². The summed E-state index contributed by atoms with van der Waals surface area (Å²) < 4.78 is 5.22. The van der Waals surface area contributed by atoms with Crippen molar-refractivity contribution in [1.82, 2.24) is 9.97 Å². The second-order valence-corrected chi connectivity index (χ2v) is 5.90. The van der Waals surface area contributed by atoms with Crippen LogP contribution in [0.3, 0.4) is 0 Å². The van der Waals surface area contributed by atoms with Gasteiger partial charge in [0.1, 0.15) is 17.2 Å². The zero-order valence-corrected chi connectivity index (χ0v) is 13.0. The van der Waals surface area contributed by atoms with E-state index >= 15 is 0 Å². The molecule has 0 fully saturated rings. The molecule has 9 nitrogen and oxygen atoms in total. The first-order chi connectivity index (χ1) is 11.9. The number of aromatic amines is 2. The average molecular weight is 358 g/mol. The van der Waals surface area contributed by atoms with Gasteiger partial charge in [-0.05, 0) is 18.2 Å². The first-order valence-corrected chi connectivity index (χ1v) is 7.34. The third-order valence-corrected chi connectivity index (χ3v) is 4.44. The van der Waals surface area contributed by atoms with Crippen molar-refractivity contribution in [3.63, 3.8) is 0 Å². The zero-order valence-electron chi connectivity index (χ0n) is 12.3. The Bertz CT molecular complexity index is 1160. The molecule has 5 N–H and O–H groups in total. The summed E-state index contributed by atoms with van der Waals surface area (Å²) in [6.45, 7) is 0. The van der Waals surface area contributed by atoms with Crippen LogP contribution in [0.25, 0.3) is 0 Å². The van der Waals surface area contributed by atoms with Crippen molar-refractivity contribution < 1.29 is 9.53 Å². The molecule has 2 aromatic rings. The summed E-state index contributed by atoms with van der Waals surface area (Å²) in [7, 11) is 0. The van der Waals surface area contributed by atoms with Crippen LogP contribution in [0.5, 0.6) is 5.88 Å². The van der Waals surface area contributed by atoms with Crippen LogP contribution in [0.4, 0.5) is 5.69 Å². The number of rotatable bonds is 0. The number of carbonyl (C=O) groups excluding carboxylic acids is 1. The molecule has 1 aromatic heterocycles. The maximum absolute atomic E-state index is 12.9. The minimum absolute atomic E-state index is 0.239. The third kappa shape index (κ3) is 1.74. The lowest BCUT2D eigenvalue weighted by Crippen LogP contribution is -2.48. The van der Waals surface area contributed by atoms with E-state index in [4.69, 9.17) is 22.1 Å². The number of aromatic nitrogens is 2. The Morgan fingerprint density at radius 1 is 1.24 bits per heavy atom. The van der Waals surface area contributed by atoms with E-state index in [1.54, 1.807) is 12.1 Å². The van der Waals surface area contributed by atoms with Gasteiger partial charge in [-0.25, -0.2) is 4.79 Å². The van der Waals surface area contributed by atoms with Gasteiger partial charge in [0.25, 0.3) is 5.56 Å². The summed E-state index contributed by atoms with van der Waals surface area (Å²) >= 11 is 6.05. The van der Waals surface area contributed by atoms with Crippen LogP contribution in [-0.2, 0) is 10.2 Å². The number of ether oxygens (including phenoxy) is 1. The van der Waals surface area contributed by atoms with Gasteiger partial charge in [-0.1, -0.05) is 11.6 Å². The Hall–Kier alpha value is -3.51. The lowest BCUT2D eigenvalue weighted by molar-refractivity contribution is -0.118. The lowest BCUT2D eigenvalue weighted by Gasteiger charge is -2.32. The molecule has 124 valence electrons. The number of hydrogen-bond donors (Lipinski definition) is 4. The molecule has 4 rings (SSSR count). The van der Waals surface area contributed by atoms with Crippen molar-refractivity contribution in [3.05, 3.63) is 66.6 Å². The quantitative estimate of drug-likeness (QED) is 0.522. The van der Waals surface area contributed by atoms with Gasteiger partial charge in [0.2, 0.25) is 17.7 Å². The highest BCUT2D eigenvalue weighted by atomic mass is 35.5. The number of fused-ring (bicyclic) bond motifs is 4. The van der Waals surface area contributed by atoms with Crippen molar-refractivity contribution in [2.75, 3.05) is 5.32 Å². The molecule has 0 aliphatic carbocycles. The second-order valence-electron chi connectivity index (χ2n) is 5.46. The highest BCUT2D eigenvalue weighted by molar-refractivity contribution is 6.31. The smallest absolute Gasteiger partial charge is 0.328 e. The predicted octanol–water partition coefficient (Wildman–Crippen LogP) is 0.0411. The number of nitrogens with two attached hydrogens (primary N) is 1. The van der Waals surface area contributed by atoms with Gasteiger partial charge in [0, 0.05) is 16.3 Å². The Morgan fingerprint density at radius 2 is 2.00 bits per heavy atom. The summed E-state index contributed by atoms with van der Waals surface area (Å²) in [5.74, 6) is -1.36. The minimum Gasteiger partial charge on any atom is -0.423 e. The number of nitriles is 1. The van der Waals surface area contributed by atoms with Crippen LogP contribution in [0.1, 0.15) is 11.1 Å². The summed E-state index contributed by atoms with van der Waals surface area (Å²) in [4.78, 5) is 41.4. The molecule has 1 amide bonds. The fourth-order valence-corrected chi connectivity index (χ4v) is 3.44. The Balaban J connectivity index is 2.24. The number of hydrogen-bond acceptors (Lipinski definition) is 6. The topological polar surface area (TPSA) is 154 Å². The molecular formula is C15H8ClN5O4. The number of nitrogens with zero attached hydrogens (tertiary/aromatic N) is 1. The Kier molecular flexibility index (Phi) is 2.86. The number of carbonyl (C=O) groups is 1. The van der Waals surface area contributed by atoms with Crippen molar-refractivity contribution in [2.24, 2.45) is 5.73 Å². The first-order valence-electron chi connectivity index (χ1n) is 6.96. The van der Waals surface area contributed by atoms with Gasteiger partial charge in [-0.3, -0.25) is 19.6 Å². The monoisotopic (exact) mass is 357 g/mol. The normalized spacial score (nSPS) is 20.6. The summed E-state index contributed by atoms with van der Waals surface area (Å²) in [5, 5.41) is 12.5. The fourth-order valence-electron chi connectivity index (χ4n) is 3.26. The van der Waals surface area contributed by atoms with Gasteiger partial charge < -0.3 is 15.8 Å². The number of nitrogens with one attached hydrogen (secondary N) is 3. The van der Waals surface area contributed by atoms with Gasteiger partial charge in [-0.15, -0.1) is 0 Å². The first kappa shape index (κ1) is 15.0. The number of benzene rings is 1. The molecular weight excluding hydrogens is 350 g/mol. The highest BCUT2D eigenvalue weighted by Crippen LogP contribution is 2.51. The van der Waals surface area contributed by atoms with Crippen LogP contribution >= 0.6 is 11.6 Å². The van der Waals surface area contributed by atoms with Crippen LogP contribution in [0.2, 0.25) is 5.02 Å². The fraction of sp³-hybridized carbons (Fsp3) is 0.0667. The van der Waals surface area contributed by atoms with E-state index in [-0.39, 0.29) is 28.5 Å². The van der Waals surface area contributed by atoms with Crippen molar-refractivity contribution >= 4 is 23.2 Å². The molecule has 1 aromatic carbocycles. The highest BCUT2D eigenvalue weighted by Gasteiger charge is 2.58. The van der Waals surface area contributed by atoms with Crippen LogP contribution in [0.15, 0.2) is 39.2 Å². The van der Waals surface area contributed by atoms with E-state index in [0.717, 1.165) is 0 Å². The molecule has 1 atom stereocenters. The maximum Gasteiger partial charge on any atom is 0.328 e. The van der Waals surface area contributed by atoms with Gasteiger partial charge >= 0.3 is 5.69 Å². The van der Waals surface area contributed by atoms with Crippen molar-refractivity contribution in [1.29, 1.82) is 5.26 Å². The number of H-pyrrole nitrogens is 2. The molecule has 0 radical (unpaired) electrons. The van der Waals surface area contributed by atoms with Crippen LogP contribution < -0.4 is 27.0 Å². The molecule has 2 aliphatic heterocycles. The van der Waals surface area contributed by atoms with Crippen molar-refractivity contribution in [3.8, 4) is 11.9 Å². The number of halogens is 1. The third-order valence-electron chi connectivity index (χ3n) is 4.20. The van der Waals surface area contributed by atoms with E-state index in [1.165, 1.54) is 6.07 Å². The Morgan fingerprint density at radius 3 is 2.72 bits per heavy atom. The Labute approximate surface area is 143 Å². The summed E-state index contributed by atoms with van der Waals surface area (Å²) in [6, 6.07) is 6.40. The van der Waals surface area contributed by atoms with Gasteiger partial charge in [0.05, 0.1) is 0 Å². The summed E-state index contributed by atoms with van der Waals surface area (Å²) in [5.41, 5.74) is 2.36. The van der Waals surface area contributed by atoms with Gasteiger partial charge in [-0.2, -0.15) is 5.26 Å². The van der Waals surface area contributed by atoms with Gasteiger partial charge in [0.15, 0.2) is 5.41 Å². The molecule has 10 heteroatoms. The average Bonchev–Trinajstić information content (AvgIpc) is 2.80. The minimum atomic E-state index is -1.87. The molecule has 1 spiro atoms. The SMILES string of the molecule is N#CC1=C(N)Oc2[nH]c(=O)[nH]c(=O)c2C12C(=O)Nc1ccc(Cl)cc12. The maximum atomic E-state index is 12.9. The zero-order chi connectivity index (χ0) is 17.9. The molecule has 2 aliphatic rings. The summed E-state index contributed by atoms with van der Waals surface area (Å²) in [6.07, 6.45) is 0. The van der Waals surface area contributed by atoms with Crippen LogP contribution in [-0.4, -0.2) is 15.9 Å². The number of anilines is 1. The van der Waals surface area contributed by atoms with Crippen LogP contribution in [0, 0.1) is 11.3 Å². The molecule has 1 unspecified atom stereocenters. The predicted molar refractivity (Wildman–Crippen MR) is 86.0 cm³/mol. The number of amides is 1. The van der Waals surface area contributed by atoms with E-state index in [0.29, 0.717) is 10.7 Å². The largest absolute Gasteiger partial charge is 0.423 e. The molecule has 3 heterocycles. The van der Waals surface area contributed by atoms with E-state index < -0.39 is 22.6 Å².